The third-order valence-corrected chi connectivity index (χ3v) is 3.05. The van der Waals surface area contributed by atoms with Crippen molar-refractivity contribution in [2.45, 2.75) is 0 Å². The van der Waals surface area contributed by atoms with Gasteiger partial charge in [0.25, 0.3) is 5.56 Å². The molecule has 0 aliphatic carbocycles. The van der Waals surface area contributed by atoms with Gasteiger partial charge in [-0.25, -0.2) is 4.68 Å². The summed E-state index contributed by atoms with van der Waals surface area (Å²) < 4.78 is 5.80. The summed E-state index contributed by atoms with van der Waals surface area (Å²) in [5, 5.41) is 18.6. The standard InChI is InChI=1S/C14H11N5O2/c1-21-11-5-3-2-4-8(11)12-9(6-15)13(17)19(18)14(20)10(12)7-16/h2-5H,17-18H2,1H3. The highest BCUT2D eigenvalue weighted by Crippen LogP contribution is 2.34. The van der Waals surface area contributed by atoms with Crippen molar-refractivity contribution in [2.24, 2.45) is 0 Å². The molecule has 0 radical (unpaired) electrons. The summed E-state index contributed by atoms with van der Waals surface area (Å²) >= 11 is 0. The Morgan fingerprint density at radius 1 is 1.19 bits per heavy atom. The average molecular weight is 281 g/mol. The lowest BCUT2D eigenvalue weighted by Crippen LogP contribution is -2.33. The molecule has 0 fully saturated rings. The first kappa shape index (κ1) is 14.0. The minimum atomic E-state index is -0.769. The normalized spacial score (nSPS) is 9.67. The minimum Gasteiger partial charge on any atom is -0.496 e. The Bertz CT molecular complexity index is 855. The van der Waals surface area contributed by atoms with Crippen molar-refractivity contribution in [1.29, 1.82) is 10.5 Å². The fraction of sp³-hybridized carbons (Fsp3) is 0.0714. The number of methoxy groups -OCH3 is 1. The SMILES string of the molecule is COc1ccccc1-c1c(C#N)c(N)n(N)c(=O)c1C#N. The maximum atomic E-state index is 12.1. The van der Waals surface area contributed by atoms with E-state index < -0.39 is 5.56 Å². The molecule has 104 valence electrons. The van der Waals surface area contributed by atoms with Crippen molar-refractivity contribution >= 4 is 5.82 Å². The van der Waals surface area contributed by atoms with Crippen molar-refractivity contribution < 1.29 is 4.74 Å². The number of aromatic nitrogens is 1. The van der Waals surface area contributed by atoms with Crippen LogP contribution in [-0.2, 0) is 0 Å². The van der Waals surface area contributed by atoms with Crippen LogP contribution in [0.5, 0.6) is 5.75 Å². The fourth-order valence-corrected chi connectivity index (χ4v) is 2.05. The van der Waals surface area contributed by atoms with Crippen molar-refractivity contribution in [2.75, 3.05) is 18.7 Å². The third-order valence-electron chi connectivity index (χ3n) is 3.05. The summed E-state index contributed by atoms with van der Waals surface area (Å²) in [5.41, 5.74) is 5.20. The third kappa shape index (κ3) is 2.03. The van der Waals surface area contributed by atoms with Crippen LogP contribution < -0.4 is 21.9 Å². The number of hydrogen-bond acceptors (Lipinski definition) is 6. The van der Waals surface area contributed by atoms with Crippen molar-refractivity contribution in [3.63, 3.8) is 0 Å². The predicted molar refractivity (Wildman–Crippen MR) is 76.7 cm³/mol. The smallest absolute Gasteiger partial charge is 0.289 e. The van der Waals surface area contributed by atoms with Gasteiger partial charge in [-0.15, -0.1) is 0 Å². The number of ether oxygens (including phenoxy) is 1. The van der Waals surface area contributed by atoms with Gasteiger partial charge >= 0.3 is 0 Å². The first-order valence-corrected chi connectivity index (χ1v) is 5.84. The number of hydrogen-bond donors (Lipinski definition) is 2. The predicted octanol–water partition coefficient (Wildman–Crippen LogP) is 0.563. The highest BCUT2D eigenvalue weighted by molar-refractivity contribution is 5.83. The summed E-state index contributed by atoms with van der Waals surface area (Å²) in [5.74, 6) is 5.71. The maximum Gasteiger partial charge on any atom is 0.289 e. The number of nitriles is 2. The van der Waals surface area contributed by atoms with Gasteiger partial charge in [-0.2, -0.15) is 10.5 Å². The zero-order chi connectivity index (χ0) is 15.6. The lowest BCUT2D eigenvalue weighted by atomic mass is 9.96. The van der Waals surface area contributed by atoms with Gasteiger partial charge in [0.2, 0.25) is 0 Å². The van der Waals surface area contributed by atoms with Crippen molar-refractivity contribution in [1.82, 2.24) is 4.68 Å². The zero-order valence-corrected chi connectivity index (χ0v) is 11.1. The van der Waals surface area contributed by atoms with Crippen LogP contribution >= 0.6 is 0 Å². The minimum absolute atomic E-state index is 0.0434. The molecule has 0 saturated heterocycles. The second-order valence-corrected chi connectivity index (χ2v) is 4.11. The Kier molecular flexibility index (Phi) is 3.51. The number of rotatable bonds is 2. The summed E-state index contributed by atoms with van der Waals surface area (Å²) in [6.45, 7) is 0. The molecule has 2 aromatic rings. The number of para-hydroxylation sites is 1. The van der Waals surface area contributed by atoms with Gasteiger partial charge in [-0.3, -0.25) is 4.79 Å². The summed E-state index contributed by atoms with van der Waals surface area (Å²) in [6, 6.07) is 10.4. The number of nitrogens with two attached hydrogens (primary N) is 2. The largest absolute Gasteiger partial charge is 0.496 e. The van der Waals surface area contributed by atoms with Crippen molar-refractivity contribution in [3.8, 4) is 29.0 Å². The molecular formula is C14H11N5O2. The van der Waals surface area contributed by atoms with Crippen LogP contribution in [0, 0.1) is 22.7 Å². The van der Waals surface area contributed by atoms with E-state index >= 15 is 0 Å². The Hall–Kier alpha value is -3.45. The second kappa shape index (κ2) is 5.27. The van der Waals surface area contributed by atoms with Crippen molar-refractivity contribution in [3.05, 3.63) is 45.7 Å². The van der Waals surface area contributed by atoms with Gasteiger partial charge in [0.15, 0.2) is 0 Å². The number of benzene rings is 1. The van der Waals surface area contributed by atoms with E-state index in [9.17, 15) is 15.3 Å². The van der Waals surface area contributed by atoms with E-state index in [1.54, 1.807) is 30.3 Å². The average Bonchev–Trinajstić information content (AvgIpc) is 2.52. The molecule has 0 amide bonds. The van der Waals surface area contributed by atoms with Crippen LogP contribution in [0.2, 0.25) is 0 Å². The molecule has 0 unspecified atom stereocenters. The van der Waals surface area contributed by atoms with Crippen LogP contribution in [0.15, 0.2) is 29.1 Å². The maximum absolute atomic E-state index is 12.1. The highest BCUT2D eigenvalue weighted by atomic mass is 16.5. The topological polar surface area (TPSA) is 131 Å². The number of pyridine rings is 1. The molecule has 1 aromatic carbocycles. The van der Waals surface area contributed by atoms with E-state index in [0.717, 1.165) is 0 Å². The van der Waals surface area contributed by atoms with E-state index in [-0.39, 0.29) is 22.5 Å². The molecule has 0 spiro atoms. The van der Waals surface area contributed by atoms with Gasteiger partial charge < -0.3 is 16.3 Å². The van der Waals surface area contributed by atoms with Crippen LogP contribution in [0.4, 0.5) is 5.82 Å². The molecule has 0 bridgehead atoms. The molecule has 0 saturated carbocycles. The lowest BCUT2D eigenvalue weighted by molar-refractivity contribution is 0.416. The molecule has 0 aliphatic rings. The van der Waals surface area contributed by atoms with Crippen LogP contribution in [0.1, 0.15) is 11.1 Å². The summed E-state index contributed by atoms with van der Waals surface area (Å²) in [7, 11) is 1.45. The highest BCUT2D eigenvalue weighted by Gasteiger charge is 2.22. The first-order valence-electron chi connectivity index (χ1n) is 5.84. The van der Waals surface area contributed by atoms with E-state index in [1.165, 1.54) is 7.11 Å². The Labute approximate surface area is 120 Å². The Morgan fingerprint density at radius 3 is 2.38 bits per heavy atom. The molecular weight excluding hydrogens is 270 g/mol. The Balaban J connectivity index is 3.03. The number of anilines is 1. The lowest BCUT2D eigenvalue weighted by Gasteiger charge is -2.14. The molecule has 0 atom stereocenters. The molecule has 4 N–H and O–H groups in total. The number of nitrogen functional groups attached to an aromatic ring is 2. The van der Waals surface area contributed by atoms with Gasteiger partial charge in [0.1, 0.15) is 34.8 Å². The molecule has 7 heteroatoms. The Morgan fingerprint density at radius 2 is 1.81 bits per heavy atom. The zero-order valence-electron chi connectivity index (χ0n) is 11.1. The first-order chi connectivity index (χ1) is 10.1. The van der Waals surface area contributed by atoms with Crippen LogP contribution in [0.3, 0.4) is 0 Å². The summed E-state index contributed by atoms with van der Waals surface area (Å²) in [4.78, 5) is 12.1. The molecule has 2 rings (SSSR count). The molecule has 1 aromatic heterocycles. The van der Waals surface area contributed by atoms with Gasteiger partial charge in [-0.1, -0.05) is 18.2 Å². The molecule has 1 heterocycles. The second-order valence-electron chi connectivity index (χ2n) is 4.11. The fourth-order valence-electron chi connectivity index (χ4n) is 2.05. The van der Waals surface area contributed by atoms with E-state index in [2.05, 4.69) is 0 Å². The van der Waals surface area contributed by atoms with Gasteiger partial charge in [-0.05, 0) is 6.07 Å². The summed E-state index contributed by atoms with van der Waals surface area (Å²) in [6.07, 6.45) is 0. The number of nitrogens with zero attached hydrogens (tertiary/aromatic N) is 3. The molecule has 21 heavy (non-hydrogen) atoms. The monoisotopic (exact) mass is 281 g/mol. The van der Waals surface area contributed by atoms with Gasteiger partial charge in [0, 0.05) is 11.1 Å². The molecule has 7 nitrogen and oxygen atoms in total. The van der Waals surface area contributed by atoms with Crippen LogP contribution in [-0.4, -0.2) is 11.8 Å². The van der Waals surface area contributed by atoms with Crippen LogP contribution in [0.25, 0.3) is 11.1 Å². The van der Waals surface area contributed by atoms with E-state index in [1.807, 2.05) is 6.07 Å². The molecule has 0 aliphatic heterocycles. The quantitative estimate of drug-likeness (QED) is 0.773. The van der Waals surface area contributed by atoms with Gasteiger partial charge in [0.05, 0.1) is 7.11 Å². The van der Waals surface area contributed by atoms with E-state index in [0.29, 0.717) is 16.0 Å². The van der Waals surface area contributed by atoms with E-state index in [4.69, 9.17) is 16.3 Å².